The molecule has 0 bridgehead atoms. The number of hydrogen-bond donors (Lipinski definition) is 1. The molecule has 0 fully saturated rings. The first kappa shape index (κ1) is 20.0. The molecule has 6 aromatic rings. The van der Waals surface area contributed by atoms with Crippen LogP contribution in [0.2, 0.25) is 0 Å². The van der Waals surface area contributed by atoms with Crippen molar-refractivity contribution in [3.8, 4) is 21.7 Å². The number of carbonyl (C=O) groups is 1. The van der Waals surface area contributed by atoms with Crippen LogP contribution in [0.25, 0.3) is 37.6 Å². The Morgan fingerprint density at radius 3 is 2.65 bits per heavy atom. The first-order valence-electron chi connectivity index (χ1n) is 10.4. The molecular weight excluding hydrogens is 450 g/mol. The number of hydrogen-bond acceptors (Lipinski definition) is 7. The molecule has 3 aromatic heterocycles. The van der Waals surface area contributed by atoms with Crippen LogP contribution in [0.5, 0.6) is 0 Å². The number of amides is 1. The molecule has 3 heterocycles. The van der Waals surface area contributed by atoms with Gasteiger partial charge in [0.15, 0.2) is 0 Å². The van der Waals surface area contributed by atoms with Crippen molar-refractivity contribution in [2.45, 2.75) is 0 Å². The molecule has 0 atom stereocenters. The molecule has 34 heavy (non-hydrogen) atoms. The lowest BCUT2D eigenvalue weighted by Gasteiger charge is -2.08. The van der Waals surface area contributed by atoms with Crippen molar-refractivity contribution in [2.24, 2.45) is 0 Å². The summed E-state index contributed by atoms with van der Waals surface area (Å²) < 4.78 is 7.06. The average Bonchev–Trinajstić information content (AvgIpc) is 3.47. The highest BCUT2D eigenvalue weighted by Gasteiger charge is 2.12. The Hall–Kier alpha value is -4.63. The lowest BCUT2D eigenvalue weighted by Crippen LogP contribution is -2.12. The van der Waals surface area contributed by atoms with Crippen molar-refractivity contribution in [1.29, 1.82) is 0 Å². The molecule has 8 nitrogen and oxygen atoms in total. The van der Waals surface area contributed by atoms with E-state index in [4.69, 9.17) is 4.42 Å². The van der Waals surface area contributed by atoms with Crippen molar-refractivity contribution >= 4 is 38.9 Å². The lowest BCUT2D eigenvalue weighted by molar-refractivity contribution is 0.102. The summed E-state index contributed by atoms with van der Waals surface area (Å²) in [6.45, 7) is 0. The van der Waals surface area contributed by atoms with Crippen molar-refractivity contribution in [2.75, 3.05) is 5.32 Å². The number of nitrogens with one attached hydrogen (secondary N) is 1. The number of nitrogens with zero attached hydrogens (tertiary/aromatic N) is 4. The molecule has 1 N–H and O–H groups in total. The first-order chi connectivity index (χ1) is 16.6. The SMILES string of the molecule is O=C(Nc1ccc(-c2nn3cnnc3s2)cc1)c1cccc(-c2cc3ccccc3oc2=O)c1. The van der Waals surface area contributed by atoms with Crippen LogP contribution in [0, 0.1) is 0 Å². The molecule has 0 spiro atoms. The molecule has 0 saturated heterocycles. The van der Waals surface area contributed by atoms with Crippen LogP contribution in [0.4, 0.5) is 5.69 Å². The largest absolute Gasteiger partial charge is 0.422 e. The number of carbonyl (C=O) groups excluding carboxylic acids is 1. The van der Waals surface area contributed by atoms with Gasteiger partial charge in [-0.1, -0.05) is 41.7 Å². The van der Waals surface area contributed by atoms with Gasteiger partial charge in [0, 0.05) is 22.2 Å². The molecule has 6 rings (SSSR count). The van der Waals surface area contributed by atoms with E-state index in [1.807, 2.05) is 42.5 Å². The van der Waals surface area contributed by atoms with Gasteiger partial charge in [-0.25, -0.2) is 4.79 Å². The smallest absolute Gasteiger partial charge is 0.344 e. The number of aromatic nitrogens is 4. The fourth-order valence-corrected chi connectivity index (χ4v) is 4.49. The van der Waals surface area contributed by atoms with Crippen molar-refractivity contribution in [1.82, 2.24) is 19.8 Å². The van der Waals surface area contributed by atoms with Crippen LogP contribution in [0.1, 0.15) is 10.4 Å². The number of rotatable bonds is 4. The number of para-hydroxylation sites is 1. The Balaban J connectivity index is 1.24. The van der Waals surface area contributed by atoms with E-state index in [1.54, 1.807) is 47.2 Å². The second kappa shape index (κ2) is 8.05. The topological polar surface area (TPSA) is 102 Å². The van der Waals surface area contributed by atoms with E-state index < -0.39 is 5.63 Å². The molecule has 1 amide bonds. The summed E-state index contributed by atoms with van der Waals surface area (Å²) in [5.74, 6) is -0.279. The zero-order valence-electron chi connectivity index (χ0n) is 17.5. The number of anilines is 1. The summed E-state index contributed by atoms with van der Waals surface area (Å²) in [7, 11) is 0. The minimum Gasteiger partial charge on any atom is -0.422 e. The maximum atomic E-state index is 12.9. The number of fused-ring (bicyclic) bond motifs is 2. The summed E-state index contributed by atoms with van der Waals surface area (Å²) in [6, 6.07) is 23.4. The van der Waals surface area contributed by atoms with Crippen molar-refractivity contribution < 1.29 is 9.21 Å². The van der Waals surface area contributed by atoms with E-state index in [9.17, 15) is 9.59 Å². The van der Waals surface area contributed by atoms with E-state index in [0.29, 0.717) is 32.9 Å². The normalized spacial score (nSPS) is 11.2. The third-order valence-electron chi connectivity index (χ3n) is 5.35. The fraction of sp³-hybridized carbons (Fsp3) is 0. The molecule has 0 unspecified atom stereocenters. The molecule has 9 heteroatoms. The Morgan fingerprint density at radius 1 is 0.941 bits per heavy atom. The van der Waals surface area contributed by atoms with E-state index in [1.165, 1.54) is 11.3 Å². The average molecular weight is 465 g/mol. The third-order valence-corrected chi connectivity index (χ3v) is 6.32. The predicted octanol–water partition coefficient (Wildman–Crippen LogP) is 4.88. The highest BCUT2D eigenvalue weighted by Crippen LogP contribution is 2.26. The van der Waals surface area contributed by atoms with Crippen LogP contribution in [0.3, 0.4) is 0 Å². The molecule has 164 valence electrons. The van der Waals surface area contributed by atoms with Gasteiger partial charge >= 0.3 is 5.63 Å². The van der Waals surface area contributed by atoms with E-state index in [2.05, 4.69) is 20.6 Å². The van der Waals surface area contributed by atoms with Gasteiger partial charge in [-0.2, -0.15) is 9.61 Å². The van der Waals surface area contributed by atoms with Crippen LogP contribution in [-0.2, 0) is 0 Å². The molecule has 0 aliphatic rings. The van der Waals surface area contributed by atoms with Gasteiger partial charge < -0.3 is 9.73 Å². The quantitative estimate of drug-likeness (QED) is 0.372. The standard InChI is InChI=1S/C25H15N5O3S/c31-22(27-19-10-8-15(9-11-19)23-29-30-14-26-28-25(30)34-23)18-6-3-5-16(12-18)20-13-17-4-1-2-7-21(17)33-24(20)32/h1-14H,(H,27,31). The van der Waals surface area contributed by atoms with Crippen LogP contribution in [0.15, 0.2) is 94.4 Å². The summed E-state index contributed by atoms with van der Waals surface area (Å²) in [5, 5.41) is 16.8. The maximum absolute atomic E-state index is 12.9. The highest BCUT2D eigenvalue weighted by molar-refractivity contribution is 7.19. The van der Waals surface area contributed by atoms with Crippen molar-refractivity contribution in [3.05, 3.63) is 101 Å². The van der Waals surface area contributed by atoms with E-state index >= 15 is 0 Å². The minimum absolute atomic E-state index is 0.279. The zero-order valence-corrected chi connectivity index (χ0v) is 18.3. The van der Waals surface area contributed by atoms with Gasteiger partial charge in [0.05, 0.1) is 5.56 Å². The lowest BCUT2D eigenvalue weighted by atomic mass is 10.0. The summed E-state index contributed by atoms with van der Waals surface area (Å²) >= 11 is 1.43. The Morgan fingerprint density at radius 2 is 1.79 bits per heavy atom. The first-order valence-corrected chi connectivity index (χ1v) is 11.2. The van der Waals surface area contributed by atoms with Gasteiger partial charge in [0.1, 0.15) is 16.9 Å². The van der Waals surface area contributed by atoms with E-state index in [0.717, 1.165) is 16.0 Å². The molecule has 0 saturated carbocycles. The van der Waals surface area contributed by atoms with Gasteiger partial charge in [-0.3, -0.25) is 4.79 Å². The summed E-state index contributed by atoms with van der Waals surface area (Å²) in [6.07, 6.45) is 1.56. The Bertz CT molecular complexity index is 1710. The fourth-order valence-electron chi connectivity index (χ4n) is 3.67. The number of benzene rings is 3. The Kier molecular flexibility index (Phi) is 4.74. The monoisotopic (exact) mass is 465 g/mol. The molecule has 0 aliphatic heterocycles. The van der Waals surface area contributed by atoms with Crippen LogP contribution in [-0.4, -0.2) is 25.7 Å². The second-order valence-electron chi connectivity index (χ2n) is 7.56. The maximum Gasteiger partial charge on any atom is 0.344 e. The molecule has 0 radical (unpaired) electrons. The molecule has 3 aromatic carbocycles. The van der Waals surface area contributed by atoms with Gasteiger partial charge in [0.25, 0.3) is 5.91 Å². The summed E-state index contributed by atoms with van der Waals surface area (Å²) in [5.41, 5.74) is 3.09. The molecular formula is C25H15N5O3S. The van der Waals surface area contributed by atoms with Crippen LogP contribution >= 0.6 is 11.3 Å². The third kappa shape index (κ3) is 3.63. The second-order valence-corrected chi connectivity index (χ2v) is 8.52. The van der Waals surface area contributed by atoms with Gasteiger partial charge in [0.2, 0.25) is 4.96 Å². The predicted molar refractivity (Wildman–Crippen MR) is 130 cm³/mol. The van der Waals surface area contributed by atoms with Gasteiger partial charge in [-0.05, 0) is 54.1 Å². The minimum atomic E-state index is -0.447. The highest BCUT2D eigenvalue weighted by atomic mass is 32.1. The zero-order chi connectivity index (χ0) is 23.1. The van der Waals surface area contributed by atoms with Crippen molar-refractivity contribution in [3.63, 3.8) is 0 Å². The molecule has 0 aliphatic carbocycles. The van der Waals surface area contributed by atoms with Gasteiger partial charge in [-0.15, -0.1) is 10.2 Å². The Labute approximate surface area is 196 Å². The van der Waals surface area contributed by atoms with E-state index in [-0.39, 0.29) is 5.91 Å². The van der Waals surface area contributed by atoms with Crippen LogP contribution < -0.4 is 10.9 Å². The summed E-state index contributed by atoms with van der Waals surface area (Å²) in [4.78, 5) is 26.1.